The summed E-state index contributed by atoms with van der Waals surface area (Å²) in [6.07, 6.45) is 0. The first-order valence-electron chi connectivity index (χ1n) is 7.22. The monoisotopic (exact) mass is 275 g/mol. The lowest BCUT2D eigenvalue weighted by molar-refractivity contribution is 0.273. The molecule has 0 amide bonds. The minimum absolute atomic E-state index is 0.00410. The average Bonchev–Trinajstić information content (AvgIpc) is 2.94. The Morgan fingerprint density at radius 2 is 1.24 bits per heavy atom. The van der Waals surface area contributed by atoms with Crippen LogP contribution in [-0.4, -0.2) is 25.6 Å². The van der Waals surface area contributed by atoms with Crippen LogP contribution in [0.3, 0.4) is 0 Å². The third-order valence-electron chi connectivity index (χ3n) is 3.46. The van der Waals surface area contributed by atoms with E-state index < -0.39 is 0 Å². The minimum atomic E-state index is -0.00410. The van der Waals surface area contributed by atoms with E-state index in [1.54, 1.807) is 0 Å². The Balaban J connectivity index is 1.91. The van der Waals surface area contributed by atoms with Gasteiger partial charge in [0, 0.05) is 16.9 Å². The molecule has 1 fully saturated rings. The van der Waals surface area contributed by atoms with E-state index in [4.69, 9.17) is 0 Å². The van der Waals surface area contributed by atoms with Gasteiger partial charge in [0.1, 0.15) is 0 Å². The molecule has 1 aliphatic rings. The lowest BCUT2D eigenvalue weighted by Crippen LogP contribution is -2.50. The highest BCUT2D eigenvalue weighted by Crippen LogP contribution is 2.28. The highest BCUT2D eigenvalue weighted by atomic mass is 15.6. The third-order valence-corrected chi connectivity index (χ3v) is 3.46. The van der Waals surface area contributed by atoms with Crippen molar-refractivity contribution in [2.75, 3.05) is 9.64 Å². The second kappa shape index (κ2) is 5.49. The quantitative estimate of drug-likeness (QED) is 0.780. The molecule has 0 bridgehead atoms. The van der Waals surface area contributed by atoms with Crippen LogP contribution in [-0.2, 0) is 0 Å². The molecule has 0 atom stereocenters. The fourth-order valence-corrected chi connectivity index (χ4v) is 2.38. The van der Waals surface area contributed by atoms with E-state index in [0.29, 0.717) is 0 Å². The van der Waals surface area contributed by atoms with Crippen molar-refractivity contribution in [3.63, 3.8) is 0 Å². The Kier molecular flexibility index (Phi) is 3.68. The van der Waals surface area contributed by atoms with Gasteiger partial charge in [-0.2, -0.15) is 0 Å². The lowest BCUT2D eigenvalue weighted by atomic mass is 9.93. The molecule has 0 aliphatic carbocycles. The standard InChI is InChI=1S/C16H19B2N3/c1-16(2,3)21-18-19(14-10-6-4-7-11-14)17-20(21)15-12-8-5-9-13-15/h4-13H,1-3H3. The van der Waals surface area contributed by atoms with Crippen molar-refractivity contribution in [1.82, 2.24) is 4.92 Å². The number of benzene rings is 2. The first-order valence-corrected chi connectivity index (χ1v) is 7.22. The zero-order chi connectivity index (χ0) is 14.9. The van der Waals surface area contributed by atoms with E-state index in [2.05, 4.69) is 99.0 Å². The zero-order valence-electron chi connectivity index (χ0n) is 12.8. The molecule has 1 heterocycles. The number of hydrogen-bond acceptors (Lipinski definition) is 3. The smallest absolute Gasteiger partial charge is 0.393 e. The van der Waals surface area contributed by atoms with Crippen LogP contribution in [0, 0.1) is 0 Å². The predicted octanol–water partition coefficient (Wildman–Crippen LogP) is 3.10. The van der Waals surface area contributed by atoms with Crippen LogP contribution in [0.4, 0.5) is 11.4 Å². The highest BCUT2D eigenvalue weighted by Gasteiger charge is 2.38. The molecule has 0 spiro atoms. The number of hydrazine groups is 1. The summed E-state index contributed by atoms with van der Waals surface area (Å²) in [5, 5.41) is 0. The van der Waals surface area contributed by atoms with Crippen molar-refractivity contribution < 1.29 is 0 Å². The predicted molar refractivity (Wildman–Crippen MR) is 90.9 cm³/mol. The summed E-state index contributed by atoms with van der Waals surface area (Å²) in [7, 11) is 4.26. The summed E-state index contributed by atoms with van der Waals surface area (Å²) in [6.45, 7) is 6.63. The van der Waals surface area contributed by atoms with E-state index in [1.165, 1.54) is 0 Å². The Bertz CT molecular complexity index is 583. The number of para-hydroxylation sites is 2. The Labute approximate surface area is 128 Å². The van der Waals surface area contributed by atoms with Crippen LogP contribution in [0.1, 0.15) is 20.8 Å². The maximum Gasteiger partial charge on any atom is 0.393 e. The van der Waals surface area contributed by atoms with Crippen molar-refractivity contribution in [3.8, 4) is 0 Å². The fourth-order valence-electron chi connectivity index (χ4n) is 2.38. The first-order chi connectivity index (χ1) is 10.1. The molecule has 0 aromatic heterocycles. The maximum atomic E-state index is 2.25. The minimum Gasteiger partial charge on any atom is -0.433 e. The van der Waals surface area contributed by atoms with Gasteiger partial charge in [-0.15, -0.1) is 0 Å². The summed E-state index contributed by atoms with van der Waals surface area (Å²) in [4.78, 5) is 4.43. The molecule has 21 heavy (non-hydrogen) atoms. The van der Waals surface area contributed by atoms with Crippen LogP contribution in [0.2, 0.25) is 0 Å². The SMILES string of the molecule is CC(C)(C)N1[B]N(c2ccccc2)[B]N1c1ccccc1. The second-order valence-corrected chi connectivity index (χ2v) is 6.17. The molecule has 2 aromatic rings. The van der Waals surface area contributed by atoms with Gasteiger partial charge in [0.15, 0.2) is 0 Å². The van der Waals surface area contributed by atoms with Gasteiger partial charge in [0.05, 0.1) is 0 Å². The van der Waals surface area contributed by atoms with Crippen molar-refractivity contribution in [1.29, 1.82) is 0 Å². The van der Waals surface area contributed by atoms with Crippen molar-refractivity contribution in [2.45, 2.75) is 26.3 Å². The number of nitrogens with zero attached hydrogens (tertiary/aromatic N) is 3. The number of hydrogen-bond donors (Lipinski definition) is 0. The van der Waals surface area contributed by atoms with Crippen molar-refractivity contribution in [3.05, 3.63) is 60.7 Å². The van der Waals surface area contributed by atoms with Crippen LogP contribution >= 0.6 is 0 Å². The molecule has 0 unspecified atom stereocenters. The third kappa shape index (κ3) is 2.93. The second-order valence-electron chi connectivity index (χ2n) is 6.17. The Morgan fingerprint density at radius 1 is 0.714 bits per heavy atom. The summed E-state index contributed by atoms with van der Waals surface area (Å²) >= 11 is 0. The van der Waals surface area contributed by atoms with E-state index in [9.17, 15) is 0 Å². The average molecular weight is 275 g/mol. The van der Waals surface area contributed by atoms with Gasteiger partial charge in [-0.05, 0) is 45.0 Å². The first kappa shape index (κ1) is 14.1. The van der Waals surface area contributed by atoms with E-state index in [1.807, 2.05) is 12.1 Å². The molecule has 2 aromatic carbocycles. The Morgan fingerprint density at radius 3 is 1.76 bits per heavy atom. The molecule has 3 rings (SSSR count). The fraction of sp³-hybridized carbons (Fsp3) is 0.250. The summed E-state index contributed by atoms with van der Waals surface area (Å²) in [5.41, 5.74) is 2.31. The highest BCUT2D eigenvalue weighted by molar-refractivity contribution is 6.69. The summed E-state index contributed by atoms with van der Waals surface area (Å²) in [5.74, 6) is 0. The van der Waals surface area contributed by atoms with Crippen LogP contribution < -0.4 is 9.64 Å². The number of rotatable bonds is 2. The molecule has 0 saturated carbocycles. The maximum absolute atomic E-state index is 2.25. The lowest BCUT2D eigenvalue weighted by Gasteiger charge is -2.39. The van der Waals surface area contributed by atoms with Crippen LogP contribution in [0.25, 0.3) is 0 Å². The van der Waals surface area contributed by atoms with Gasteiger partial charge in [0.25, 0.3) is 0 Å². The van der Waals surface area contributed by atoms with Gasteiger partial charge in [-0.3, -0.25) is 0 Å². The van der Waals surface area contributed by atoms with Gasteiger partial charge < -0.3 is 9.64 Å². The molecular weight excluding hydrogens is 256 g/mol. The molecule has 0 N–H and O–H groups in total. The van der Waals surface area contributed by atoms with E-state index in [0.717, 1.165) is 11.4 Å². The van der Waals surface area contributed by atoms with E-state index >= 15 is 0 Å². The molecule has 1 saturated heterocycles. The normalized spacial score (nSPS) is 15.8. The summed E-state index contributed by atoms with van der Waals surface area (Å²) in [6, 6.07) is 20.8. The largest absolute Gasteiger partial charge is 0.433 e. The van der Waals surface area contributed by atoms with Gasteiger partial charge in [-0.25, -0.2) is 4.92 Å². The molecule has 1 aliphatic heterocycles. The summed E-state index contributed by atoms with van der Waals surface area (Å²) < 4.78 is 2.15. The molecule has 5 heteroatoms. The zero-order valence-corrected chi connectivity index (χ0v) is 12.8. The van der Waals surface area contributed by atoms with Crippen LogP contribution in [0.15, 0.2) is 60.7 Å². The molecule has 3 nitrogen and oxygen atoms in total. The topological polar surface area (TPSA) is 9.72 Å². The van der Waals surface area contributed by atoms with Gasteiger partial charge >= 0.3 is 15.1 Å². The van der Waals surface area contributed by atoms with Crippen molar-refractivity contribution >= 4 is 26.5 Å². The molecule has 2 radical (unpaired) electrons. The number of anilines is 2. The van der Waals surface area contributed by atoms with Gasteiger partial charge in [0.2, 0.25) is 0 Å². The Hall–Kier alpha value is -1.87. The van der Waals surface area contributed by atoms with Crippen molar-refractivity contribution in [2.24, 2.45) is 0 Å². The van der Waals surface area contributed by atoms with E-state index in [-0.39, 0.29) is 5.54 Å². The molecular formula is C16H19B2N3. The van der Waals surface area contributed by atoms with Gasteiger partial charge in [-0.1, -0.05) is 36.4 Å². The van der Waals surface area contributed by atoms with Crippen LogP contribution in [0.5, 0.6) is 0 Å². The molecule has 104 valence electrons.